The lowest BCUT2D eigenvalue weighted by Crippen LogP contribution is -2.35. The number of hydrogen-bond donors (Lipinski definition) is 2. The number of ether oxygens (including phenoxy) is 1. The van der Waals surface area contributed by atoms with Gasteiger partial charge < -0.3 is 20.3 Å². The van der Waals surface area contributed by atoms with Crippen molar-refractivity contribution in [2.45, 2.75) is 18.9 Å². The van der Waals surface area contributed by atoms with Crippen LogP contribution in [-0.4, -0.2) is 30.9 Å². The van der Waals surface area contributed by atoms with Gasteiger partial charge in [0.2, 0.25) is 5.91 Å². The average molecular weight is 442 g/mol. The summed E-state index contributed by atoms with van der Waals surface area (Å²) in [5.41, 5.74) is 2.11. The highest BCUT2D eigenvalue weighted by molar-refractivity contribution is 6.06. The van der Waals surface area contributed by atoms with E-state index in [2.05, 4.69) is 17.2 Å². The fraction of sp³-hybridized carbons (Fsp3) is 0.185. The number of carbonyl (C=O) groups excluding carboxylic acids is 2. The van der Waals surface area contributed by atoms with Gasteiger partial charge in [-0.1, -0.05) is 24.3 Å². The Labute approximate surface area is 193 Å². The first kappa shape index (κ1) is 22.3. The zero-order valence-corrected chi connectivity index (χ0v) is 18.4. The predicted molar refractivity (Wildman–Crippen MR) is 131 cm³/mol. The summed E-state index contributed by atoms with van der Waals surface area (Å²) in [6, 6.07) is 23.7. The first-order valence-corrected chi connectivity index (χ1v) is 11.0. The van der Waals surface area contributed by atoms with Crippen molar-refractivity contribution in [1.29, 1.82) is 0 Å². The first-order chi connectivity index (χ1) is 16.1. The third-order valence-electron chi connectivity index (χ3n) is 5.46. The van der Waals surface area contributed by atoms with Gasteiger partial charge in [0.1, 0.15) is 11.5 Å². The molecule has 3 aromatic carbocycles. The fourth-order valence-corrected chi connectivity index (χ4v) is 3.75. The van der Waals surface area contributed by atoms with Crippen LogP contribution in [0.1, 0.15) is 23.2 Å². The Morgan fingerprint density at radius 3 is 2.27 bits per heavy atom. The number of carbonyl (C=O) groups is 2. The monoisotopic (exact) mass is 441 g/mol. The molecule has 1 fully saturated rings. The molecule has 1 saturated heterocycles. The number of nitrogens with one attached hydrogen (secondary N) is 2. The summed E-state index contributed by atoms with van der Waals surface area (Å²) in [5.74, 6) is 1.21. The zero-order valence-electron chi connectivity index (χ0n) is 18.4. The number of amides is 2. The van der Waals surface area contributed by atoms with E-state index in [0.29, 0.717) is 23.6 Å². The molecule has 2 N–H and O–H groups in total. The van der Waals surface area contributed by atoms with Crippen molar-refractivity contribution < 1.29 is 14.3 Å². The summed E-state index contributed by atoms with van der Waals surface area (Å²) in [4.78, 5) is 26.8. The predicted octanol–water partition coefficient (Wildman–Crippen LogP) is 5.00. The largest absolute Gasteiger partial charge is 0.457 e. The van der Waals surface area contributed by atoms with E-state index >= 15 is 0 Å². The van der Waals surface area contributed by atoms with E-state index in [1.54, 1.807) is 23.1 Å². The summed E-state index contributed by atoms with van der Waals surface area (Å²) in [5, 5.41) is 6.12. The van der Waals surface area contributed by atoms with Gasteiger partial charge in [0.25, 0.3) is 5.91 Å². The van der Waals surface area contributed by atoms with Crippen molar-refractivity contribution in [3.63, 3.8) is 0 Å². The molecule has 0 radical (unpaired) electrons. The van der Waals surface area contributed by atoms with Gasteiger partial charge in [0.05, 0.1) is 6.04 Å². The van der Waals surface area contributed by atoms with Gasteiger partial charge >= 0.3 is 0 Å². The van der Waals surface area contributed by atoms with Gasteiger partial charge in [-0.15, -0.1) is 6.58 Å². The lowest BCUT2D eigenvalue weighted by atomic mass is 10.1. The SMILES string of the molecule is C=CCN(C(=O)c1ccccc1)c1ccc(Oc2ccc(NC(=O)[C@@H]3CCCN3)cc2)cc1. The normalized spacial score (nSPS) is 15.0. The molecule has 4 rings (SSSR count). The van der Waals surface area contributed by atoms with Gasteiger partial charge in [-0.3, -0.25) is 9.59 Å². The molecule has 0 aliphatic carbocycles. The van der Waals surface area contributed by atoms with Crippen LogP contribution < -0.4 is 20.3 Å². The molecule has 0 spiro atoms. The molecule has 1 aliphatic rings. The highest BCUT2D eigenvalue weighted by atomic mass is 16.5. The van der Waals surface area contributed by atoms with Gasteiger partial charge in [0.15, 0.2) is 0 Å². The molecule has 0 aromatic heterocycles. The third-order valence-corrected chi connectivity index (χ3v) is 5.46. The Morgan fingerprint density at radius 2 is 1.67 bits per heavy atom. The van der Waals surface area contributed by atoms with Crippen LogP contribution in [0, 0.1) is 0 Å². The molecule has 1 atom stereocenters. The molecule has 168 valence electrons. The molecule has 3 aromatic rings. The van der Waals surface area contributed by atoms with Crippen LogP contribution in [0.4, 0.5) is 11.4 Å². The van der Waals surface area contributed by atoms with Gasteiger partial charge in [0, 0.05) is 23.5 Å². The smallest absolute Gasteiger partial charge is 0.258 e. The van der Waals surface area contributed by atoms with Crippen molar-refractivity contribution in [3.8, 4) is 11.5 Å². The molecular formula is C27H27N3O3. The quantitative estimate of drug-likeness (QED) is 0.483. The molecule has 6 heteroatoms. The van der Waals surface area contributed by atoms with Gasteiger partial charge in [-0.05, 0) is 80.1 Å². The van der Waals surface area contributed by atoms with E-state index in [4.69, 9.17) is 4.74 Å². The number of hydrogen-bond acceptors (Lipinski definition) is 4. The summed E-state index contributed by atoms with van der Waals surface area (Å²) in [6.07, 6.45) is 3.59. The van der Waals surface area contributed by atoms with E-state index in [9.17, 15) is 9.59 Å². The minimum Gasteiger partial charge on any atom is -0.457 e. The summed E-state index contributed by atoms with van der Waals surface area (Å²) in [7, 11) is 0. The van der Waals surface area contributed by atoms with Crippen LogP contribution in [0.3, 0.4) is 0 Å². The first-order valence-electron chi connectivity index (χ1n) is 11.0. The van der Waals surface area contributed by atoms with E-state index in [1.165, 1.54) is 0 Å². The van der Waals surface area contributed by atoms with Gasteiger partial charge in [-0.25, -0.2) is 0 Å². The number of benzene rings is 3. The molecule has 0 unspecified atom stereocenters. The van der Waals surface area contributed by atoms with Crippen molar-refractivity contribution in [2.75, 3.05) is 23.3 Å². The van der Waals surface area contributed by atoms with E-state index in [-0.39, 0.29) is 17.9 Å². The van der Waals surface area contributed by atoms with Crippen molar-refractivity contribution in [3.05, 3.63) is 97.1 Å². The fourth-order valence-electron chi connectivity index (χ4n) is 3.75. The van der Waals surface area contributed by atoms with Crippen LogP contribution in [0.25, 0.3) is 0 Å². The summed E-state index contributed by atoms with van der Waals surface area (Å²) in [6.45, 7) is 5.06. The van der Waals surface area contributed by atoms with E-state index in [1.807, 2.05) is 66.7 Å². The second-order valence-corrected chi connectivity index (χ2v) is 7.83. The highest BCUT2D eigenvalue weighted by Gasteiger charge is 2.21. The molecule has 0 bridgehead atoms. The number of rotatable bonds is 8. The Kier molecular flexibility index (Phi) is 7.17. The highest BCUT2D eigenvalue weighted by Crippen LogP contribution is 2.26. The second kappa shape index (κ2) is 10.6. The molecule has 0 saturated carbocycles. The Balaban J connectivity index is 1.39. The average Bonchev–Trinajstić information content (AvgIpc) is 3.40. The van der Waals surface area contributed by atoms with Crippen molar-refractivity contribution in [2.24, 2.45) is 0 Å². The van der Waals surface area contributed by atoms with Gasteiger partial charge in [-0.2, -0.15) is 0 Å². The van der Waals surface area contributed by atoms with Crippen LogP contribution in [0.2, 0.25) is 0 Å². The lowest BCUT2D eigenvalue weighted by Gasteiger charge is -2.21. The Hall–Kier alpha value is -3.90. The summed E-state index contributed by atoms with van der Waals surface area (Å²) >= 11 is 0. The molecular weight excluding hydrogens is 414 g/mol. The Morgan fingerprint density at radius 1 is 1.00 bits per heavy atom. The molecule has 2 amide bonds. The minimum atomic E-state index is -0.117. The van der Waals surface area contributed by atoms with E-state index in [0.717, 1.165) is 30.8 Å². The van der Waals surface area contributed by atoms with Crippen LogP contribution in [0.15, 0.2) is 91.5 Å². The van der Waals surface area contributed by atoms with Crippen LogP contribution >= 0.6 is 0 Å². The second-order valence-electron chi connectivity index (χ2n) is 7.83. The molecule has 6 nitrogen and oxygen atoms in total. The van der Waals surface area contributed by atoms with E-state index < -0.39 is 0 Å². The standard InChI is InChI=1S/C27H27N3O3/c1-2-19-30(27(32)20-7-4-3-5-8-20)22-12-16-24(17-13-22)33-23-14-10-21(11-15-23)29-26(31)25-9-6-18-28-25/h2-5,7-8,10-17,25,28H,1,6,9,18-19H2,(H,29,31)/t25-/m0/s1. The topological polar surface area (TPSA) is 70.7 Å². The number of nitrogens with zero attached hydrogens (tertiary/aromatic N) is 1. The minimum absolute atomic E-state index is 0.00844. The van der Waals surface area contributed by atoms with Crippen LogP contribution in [-0.2, 0) is 4.79 Å². The van der Waals surface area contributed by atoms with Crippen molar-refractivity contribution >= 4 is 23.2 Å². The maximum absolute atomic E-state index is 12.9. The van der Waals surface area contributed by atoms with Crippen LogP contribution in [0.5, 0.6) is 11.5 Å². The maximum Gasteiger partial charge on any atom is 0.258 e. The molecule has 1 aliphatic heterocycles. The maximum atomic E-state index is 12.9. The Bertz CT molecular complexity index is 1090. The third kappa shape index (κ3) is 5.67. The zero-order chi connectivity index (χ0) is 23.0. The molecule has 1 heterocycles. The lowest BCUT2D eigenvalue weighted by molar-refractivity contribution is -0.117. The summed E-state index contributed by atoms with van der Waals surface area (Å²) < 4.78 is 5.93. The molecule has 33 heavy (non-hydrogen) atoms. The van der Waals surface area contributed by atoms with Crippen molar-refractivity contribution in [1.82, 2.24) is 5.32 Å². The number of anilines is 2.